The fourth-order valence-corrected chi connectivity index (χ4v) is 3.26. The molecule has 1 heterocycles. The van der Waals surface area contributed by atoms with Crippen molar-refractivity contribution >= 4 is 11.8 Å². The molecule has 0 aliphatic heterocycles. The summed E-state index contributed by atoms with van der Waals surface area (Å²) in [6.45, 7) is 3.54. The highest BCUT2D eigenvalue weighted by atomic mass is 32.2. The lowest BCUT2D eigenvalue weighted by Gasteiger charge is -2.08. The normalized spacial score (nSPS) is 10.6. The van der Waals surface area contributed by atoms with Crippen LogP contribution in [0.3, 0.4) is 0 Å². The summed E-state index contributed by atoms with van der Waals surface area (Å²) >= 11 is 1.65. The average molecular weight is 355 g/mol. The number of rotatable bonds is 8. The summed E-state index contributed by atoms with van der Waals surface area (Å²) in [5.41, 5.74) is 1.08. The van der Waals surface area contributed by atoms with Gasteiger partial charge in [0.1, 0.15) is 11.5 Å². The highest BCUT2D eigenvalue weighted by molar-refractivity contribution is 7.99. The lowest BCUT2D eigenvalue weighted by Crippen LogP contribution is -2.03. The van der Waals surface area contributed by atoms with Gasteiger partial charge in [0, 0.05) is 17.9 Å². The molecule has 130 valence electrons. The van der Waals surface area contributed by atoms with E-state index in [1.165, 1.54) is 0 Å². The van der Waals surface area contributed by atoms with Crippen LogP contribution in [0.15, 0.2) is 59.8 Å². The van der Waals surface area contributed by atoms with Gasteiger partial charge in [-0.2, -0.15) is 0 Å². The molecule has 0 fully saturated rings. The Hall–Kier alpha value is -2.47. The maximum Gasteiger partial charge on any atom is 0.191 e. The van der Waals surface area contributed by atoms with E-state index < -0.39 is 0 Å². The predicted molar refractivity (Wildman–Crippen MR) is 100 cm³/mol. The van der Waals surface area contributed by atoms with Crippen molar-refractivity contribution in [2.45, 2.75) is 18.6 Å². The van der Waals surface area contributed by atoms with Gasteiger partial charge in [-0.25, -0.2) is 0 Å². The van der Waals surface area contributed by atoms with Crippen LogP contribution in [0.4, 0.5) is 0 Å². The second-order valence-corrected chi connectivity index (χ2v) is 6.35. The molecule has 0 saturated heterocycles. The molecule has 0 radical (unpaired) electrons. The number of nitrogens with zero attached hydrogens (tertiary/aromatic N) is 3. The van der Waals surface area contributed by atoms with E-state index in [-0.39, 0.29) is 0 Å². The van der Waals surface area contributed by atoms with Crippen LogP contribution in [0.2, 0.25) is 0 Å². The SMILES string of the molecule is CCn1c(SCCOc2ccc(OC)cc2)nnc1-c1ccccc1. The summed E-state index contributed by atoms with van der Waals surface area (Å²) in [4.78, 5) is 0. The minimum atomic E-state index is 0.605. The van der Waals surface area contributed by atoms with Crippen molar-refractivity contribution in [2.24, 2.45) is 0 Å². The van der Waals surface area contributed by atoms with Crippen LogP contribution in [0.25, 0.3) is 11.4 Å². The molecule has 3 rings (SSSR count). The largest absolute Gasteiger partial charge is 0.497 e. The molecule has 0 atom stereocenters. The summed E-state index contributed by atoms with van der Waals surface area (Å²) < 4.78 is 13.0. The first kappa shape index (κ1) is 17.4. The zero-order valence-electron chi connectivity index (χ0n) is 14.4. The molecule has 0 aliphatic rings. The van der Waals surface area contributed by atoms with Crippen LogP contribution in [-0.4, -0.2) is 34.2 Å². The van der Waals surface area contributed by atoms with Crippen LogP contribution in [0.1, 0.15) is 6.92 Å². The highest BCUT2D eigenvalue weighted by Gasteiger charge is 2.12. The molecule has 0 unspecified atom stereocenters. The molecule has 2 aromatic carbocycles. The quantitative estimate of drug-likeness (QED) is 0.449. The van der Waals surface area contributed by atoms with Crippen molar-refractivity contribution in [2.75, 3.05) is 19.5 Å². The Labute approximate surface area is 152 Å². The van der Waals surface area contributed by atoms with Gasteiger partial charge < -0.3 is 14.0 Å². The number of aromatic nitrogens is 3. The third kappa shape index (κ3) is 4.33. The molecule has 0 saturated carbocycles. The predicted octanol–water partition coefficient (Wildman–Crippen LogP) is 4.14. The Morgan fingerprint density at radius 3 is 2.36 bits per heavy atom. The fourth-order valence-electron chi connectivity index (χ4n) is 2.45. The summed E-state index contributed by atoms with van der Waals surface area (Å²) in [5, 5.41) is 9.60. The van der Waals surface area contributed by atoms with E-state index in [1.54, 1.807) is 18.9 Å². The van der Waals surface area contributed by atoms with Gasteiger partial charge >= 0.3 is 0 Å². The first-order chi connectivity index (χ1) is 12.3. The molecular formula is C19H21N3O2S. The van der Waals surface area contributed by atoms with Gasteiger partial charge in [0.05, 0.1) is 13.7 Å². The van der Waals surface area contributed by atoms with E-state index in [0.29, 0.717) is 6.61 Å². The van der Waals surface area contributed by atoms with E-state index in [1.807, 2.05) is 42.5 Å². The minimum Gasteiger partial charge on any atom is -0.497 e. The van der Waals surface area contributed by atoms with Crippen molar-refractivity contribution < 1.29 is 9.47 Å². The zero-order chi connectivity index (χ0) is 17.5. The molecule has 0 amide bonds. The van der Waals surface area contributed by atoms with E-state index in [9.17, 15) is 0 Å². The van der Waals surface area contributed by atoms with Gasteiger partial charge in [-0.1, -0.05) is 42.1 Å². The molecule has 0 N–H and O–H groups in total. The maximum absolute atomic E-state index is 5.76. The van der Waals surface area contributed by atoms with E-state index in [4.69, 9.17) is 9.47 Å². The molecule has 25 heavy (non-hydrogen) atoms. The van der Waals surface area contributed by atoms with Crippen LogP contribution in [0, 0.1) is 0 Å². The van der Waals surface area contributed by atoms with Gasteiger partial charge in [-0.05, 0) is 31.2 Å². The van der Waals surface area contributed by atoms with Crippen LogP contribution in [0.5, 0.6) is 11.5 Å². The van der Waals surface area contributed by atoms with Gasteiger partial charge in [-0.15, -0.1) is 10.2 Å². The Morgan fingerprint density at radius 1 is 0.960 bits per heavy atom. The number of ether oxygens (including phenoxy) is 2. The summed E-state index contributed by atoms with van der Waals surface area (Å²) in [6.07, 6.45) is 0. The summed E-state index contributed by atoms with van der Waals surface area (Å²) in [5.74, 6) is 3.37. The number of hydrogen-bond donors (Lipinski definition) is 0. The summed E-state index contributed by atoms with van der Waals surface area (Å²) in [6, 6.07) is 17.7. The summed E-state index contributed by atoms with van der Waals surface area (Å²) in [7, 11) is 1.65. The Kier molecular flexibility index (Phi) is 5.95. The molecule has 0 bridgehead atoms. The molecule has 6 heteroatoms. The van der Waals surface area contributed by atoms with Crippen molar-refractivity contribution in [3.63, 3.8) is 0 Å². The first-order valence-electron chi connectivity index (χ1n) is 8.20. The molecule has 1 aromatic heterocycles. The fraction of sp³-hybridized carbons (Fsp3) is 0.263. The van der Waals surface area contributed by atoms with Crippen molar-refractivity contribution in [1.29, 1.82) is 0 Å². The van der Waals surface area contributed by atoms with E-state index >= 15 is 0 Å². The standard InChI is InChI=1S/C19H21N3O2S/c1-3-22-18(15-7-5-4-6-8-15)20-21-19(22)25-14-13-24-17-11-9-16(23-2)10-12-17/h4-12H,3,13-14H2,1-2H3. The highest BCUT2D eigenvalue weighted by Crippen LogP contribution is 2.24. The van der Waals surface area contributed by atoms with Crippen LogP contribution in [-0.2, 0) is 6.54 Å². The first-order valence-corrected chi connectivity index (χ1v) is 9.18. The number of thioether (sulfide) groups is 1. The van der Waals surface area contributed by atoms with Gasteiger partial charge in [0.2, 0.25) is 0 Å². The second kappa shape index (κ2) is 8.58. The van der Waals surface area contributed by atoms with Crippen LogP contribution < -0.4 is 9.47 Å². The van der Waals surface area contributed by atoms with Crippen LogP contribution >= 0.6 is 11.8 Å². The smallest absolute Gasteiger partial charge is 0.191 e. The lowest BCUT2D eigenvalue weighted by atomic mass is 10.2. The number of benzene rings is 2. The maximum atomic E-state index is 5.76. The zero-order valence-corrected chi connectivity index (χ0v) is 15.2. The topological polar surface area (TPSA) is 49.2 Å². The average Bonchev–Trinajstić information content (AvgIpc) is 3.09. The Bertz CT molecular complexity index is 788. The minimum absolute atomic E-state index is 0.605. The van der Waals surface area contributed by atoms with Crippen molar-refractivity contribution in [3.05, 3.63) is 54.6 Å². The second-order valence-electron chi connectivity index (χ2n) is 5.29. The molecular weight excluding hydrogens is 334 g/mol. The molecule has 5 nitrogen and oxygen atoms in total. The third-order valence-electron chi connectivity index (χ3n) is 3.71. The van der Waals surface area contributed by atoms with E-state index in [2.05, 4.69) is 33.8 Å². The van der Waals surface area contributed by atoms with Crippen molar-refractivity contribution in [1.82, 2.24) is 14.8 Å². The number of hydrogen-bond acceptors (Lipinski definition) is 5. The molecule has 0 aliphatic carbocycles. The molecule has 0 spiro atoms. The van der Waals surface area contributed by atoms with Gasteiger partial charge in [0.15, 0.2) is 11.0 Å². The molecule has 3 aromatic rings. The van der Waals surface area contributed by atoms with E-state index in [0.717, 1.165) is 40.3 Å². The Balaban J connectivity index is 1.57. The lowest BCUT2D eigenvalue weighted by molar-refractivity contribution is 0.342. The number of methoxy groups -OCH3 is 1. The van der Waals surface area contributed by atoms with Gasteiger partial charge in [-0.3, -0.25) is 0 Å². The third-order valence-corrected chi connectivity index (χ3v) is 4.64. The Morgan fingerprint density at radius 2 is 1.68 bits per heavy atom. The van der Waals surface area contributed by atoms with Gasteiger partial charge in [0.25, 0.3) is 0 Å². The monoisotopic (exact) mass is 355 g/mol. The van der Waals surface area contributed by atoms with Crippen molar-refractivity contribution in [3.8, 4) is 22.9 Å².